The molecule has 2 heterocycles. The predicted octanol–water partition coefficient (Wildman–Crippen LogP) is 1.11. The molecular weight excluding hydrogens is 171 g/mol. The van der Waals surface area contributed by atoms with Crippen LogP contribution in [0.2, 0.25) is 0 Å². The van der Waals surface area contributed by atoms with Gasteiger partial charge < -0.3 is 9.65 Å². The molecule has 2 rings (SSSR count). The minimum atomic E-state index is 0.862. The predicted molar refractivity (Wildman–Crippen MR) is 52.2 cm³/mol. The molecule has 0 aliphatic rings. The van der Waals surface area contributed by atoms with Gasteiger partial charge in [0.15, 0.2) is 0 Å². The second-order valence-corrected chi connectivity index (χ2v) is 2.99. The van der Waals surface area contributed by atoms with Crippen molar-refractivity contribution in [1.82, 2.24) is 14.3 Å². The molecular formula is C7H9N4P. The average molecular weight is 180 g/mol. The molecule has 1 N–H and O–H groups in total. The van der Waals surface area contributed by atoms with Gasteiger partial charge in [-0.25, -0.2) is 9.97 Å². The van der Waals surface area contributed by atoms with Crippen LogP contribution in [0.1, 0.15) is 0 Å². The number of fused-ring (bicyclic) bond motifs is 1. The summed E-state index contributed by atoms with van der Waals surface area (Å²) in [7, 11) is 4.42. The summed E-state index contributed by atoms with van der Waals surface area (Å²) in [4.78, 5) is 8.23. The van der Waals surface area contributed by atoms with Gasteiger partial charge in [0.25, 0.3) is 0 Å². The number of hydrogen-bond acceptors (Lipinski definition) is 3. The lowest BCUT2D eigenvalue weighted by Gasteiger charge is -1.99. The first-order valence-electron chi connectivity index (χ1n) is 3.58. The van der Waals surface area contributed by atoms with Crippen molar-refractivity contribution in [2.45, 2.75) is 0 Å². The summed E-state index contributed by atoms with van der Waals surface area (Å²) in [5.41, 5.74) is 0.916. The molecule has 12 heavy (non-hydrogen) atoms. The fourth-order valence-corrected chi connectivity index (χ4v) is 1.46. The van der Waals surface area contributed by atoms with Crippen LogP contribution < -0.4 is 5.32 Å². The van der Waals surface area contributed by atoms with Crippen molar-refractivity contribution in [3.63, 3.8) is 0 Å². The fraction of sp³-hybridized carbons (Fsp3) is 0.143. The van der Waals surface area contributed by atoms with Crippen LogP contribution in [0, 0.1) is 0 Å². The molecule has 0 saturated heterocycles. The van der Waals surface area contributed by atoms with Crippen LogP contribution in [-0.4, -0.2) is 21.4 Å². The molecule has 0 fully saturated rings. The second-order valence-electron chi connectivity index (χ2n) is 2.43. The Kier molecular flexibility index (Phi) is 1.70. The highest BCUT2D eigenvalue weighted by atomic mass is 31.0. The first kappa shape index (κ1) is 7.50. The summed E-state index contributed by atoms with van der Waals surface area (Å²) in [6.45, 7) is 0. The Morgan fingerprint density at radius 2 is 2.33 bits per heavy atom. The van der Waals surface area contributed by atoms with E-state index in [2.05, 4.69) is 24.7 Å². The quantitative estimate of drug-likeness (QED) is 0.668. The smallest absolute Gasteiger partial charge is 0.148 e. The highest BCUT2D eigenvalue weighted by Crippen LogP contribution is 2.20. The van der Waals surface area contributed by atoms with Crippen molar-refractivity contribution in [2.75, 3.05) is 12.4 Å². The zero-order valence-corrected chi connectivity index (χ0v) is 7.81. The van der Waals surface area contributed by atoms with Crippen molar-refractivity contribution in [3.8, 4) is 0 Å². The number of aromatic nitrogens is 3. The molecule has 2 aromatic rings. The van der Waals surface area contributed by atoms with Gasteiger partial charge in [0, 0.05) is 13.2 Å². The van der Waals surface area contributed by atoms with Gasteiger partial charge >= 0.3 is 0 Å². The zero-order valence-electron chi connectivity index (χ0n) is 6.65. The molecule has 0 aliphatic carbocycles. The van der Waals surface area contributed by atoms with Crippen molar-refractivity contribution < 1.29 is 0 Å². The third-order valence-corrected chi connectivity index (χ3v) is 2.16. The van der Waals surface area contributed by atoms with Crippen LogP contribution in [0.3, 0.4) is 0 Å². The third kappa shape index (κ3) is 0.959. The fourth-order valence-electron chi connectivity index (χ4n) is 1.17. The van der Waals surface area contributed by atoms with Gasteiger partial charge in [-0.15, -0.1) is 0 Å². The van der Waals surface area contributed by atoms with Crippen molar-refractivity contribution in [3.05, 3.63) is 18.6 Å². The topological polar surface area (TPSA) is 42.7 Å². The summed E-state index contributed by atoms with van der Waals surface area (Å²) in [6.07, 6.45) is 3.49. The van der Waals surface area contributed by atoms with Gasteiger partial charge in [-0.3, -0.25) is 0 Å². The van der Waals surface area contributed by atoms with E-state index in [9.17, 15) is 0 Å². The largest absolute Gasteiger partial charge is 0.372 e. The summed E-state index contributed by atoms with van der Waals surface area (Å²) in [6, 6.07) is 1.98. The average Bonchev–Trinajstić information content (AvgIpc) is 2.48. The van der Waals surface area contributed by atoms with Crippen LogP contribution in [-0.2, 0) is 0 Å². The molecule has 62 valence electrons. The van der Waals surface area contributed by atoms with E-state index in [-0.39, 0.29) is 0 Å². The van der Waals surface area contributed by atoms with E-state index < -0.39 is 0 Å². The van der Waals surface area contributed by atoms with E-state index in [1.165, 1.54) is 0 Å². The van der Waals surface area contributed by atoms with Gasteiger partial charge in [0.05, 0.1) is 5.39 Å². The van der Waals surface area contributed by atoms with Crippen molar-refractivity contribution in [1.29, 1.82) is 0 Å². The Labute approximate surface area is 72.3 Å². The lowest BCUT2D eigenvalue weighted by Crippen LogP contribution is -1.93. The lowest BCUT2D eigenvalue weighted by atomic mass is 10.4. The van der Waals surface area contributed by atoms with Gasteiger partial charge in [-0.2, -0.15) is 0 Å². The zero-order chi connectivity index (χ0) is 8.55. The molecule has 2 aromatic heterocycles. The van der Waals surface area contributed by atoms with Crippen LogP contribution >= 0.6 is 9.39 Å². The summed E-state index contributed by atoms with van der Waals surface area (Å²) >= 11 is 0. The number of hydrogen-bond donors (Lipinski definition) is 1. The maximum atomic E-state index is 4.14. The van der Waals surface area contributed by atoms with E-state index in [1.807, 2.05) is 23.6 Å². The maximum Gasteiger partial charge on any atom is 0.148 e. The van der Waals surface area contributed by atoms with Crippen molar-refractivity contribution in [2.24, 2.45) is 0 Å². The number of nitrogens with zero attached hydrogens (tertiary/aromatic N) is 3. The van der Waals surface area contributed by atoms with E-state index in [0.29, 0.717) is 0 Å². The molecule has 0 saturated carbocycles. The van der Waals surface area contributed by atoms with E-state index >= 15 is 0 Å². The Hall–Kier alpha value is -1.15. The number of nitrogens with one attached hydrogen (secondary N) is 1. The molecule has 1 atom stereocenters. The second kappa shape index (κ2) is 2.72. The standard InChI is InChI=1S/C7H9N4P/c1-8-6-5-2-3-11(12)7(5)10-4-9-6/h2-4H,12H2,1H3,(H,8,9,10). The van der Waals surface area contributed by atoms with Crippen LogP contribution in [0.25, 0.3) is 11.0 Å². The summed E-state index contributed by atoms with van der Waals surface area (Å²) in [5.74, 6) is 0.862. The molecule has 0 amide bonds. The van der Waals surface area contributed by atoms with Crippen LogP contribution in [0.5, 0.6) is 0 Å². The molecule has 0 bridgehead atoms. The third-order valence-electron chi connectivity index (χ3n) is 1.75. The van der Waals surface area contributed by atoms with Gasteiger partial charge in [-0.05, 0) is 15.5 Å². The van der Waals surface area contributed by atoms with E-state index in [0.717, 1.165) is 16.9 Å². The van der Waals surface area contributed by atoms with Gasteiger partial charge in [0.1, 0.15) is 17.8 Å². The Bertz CT molecular complexity index is 409. The molecule has 5 heteroatoms. The summed E-state index contributed by atoms with van der Waals surface area (Å²) in [5, 5.41) is 4.05. The number of anilines is 1. The van der Waals surface area contributed by atoms with E-state index in [4.69, 9.17) is 0 Å². The van der Waals surface area contributed by atoms with Crippen LogP contribution in [0.4, 0.5) is 5.82 Å². The molecule has 0 aromatic carbocycles. The molecule has 0 aliphatic heterocycles. The molecule has 1 unspecified atom stereocenters. The van der Waals surface area contributed by atoms with Gasteiger partial charge in [0.2, 0.25) is 0 Å². The summed E-state index contributed by atoms with van der Waals surface area (Å²) < 4.78 is 1.89. The number of rotatable bonds is 1. The lowest BCUT2D eigenvalue weighted by molar-refractivity contribution is 1.17. The Balaban J connectivity index is 2.81. The van der Waals surface area contributed by atoms with E-state index in [1.54, 1.807) is 6.33 Å². The first-order valence-corrected chi connectivity index (χ1v) is 4.09. The first-order chi connectivity index (χ1) is 5.83. The molecule has 4 nitrogen and oxygen atoms in total. The van der Waals surface area contributed by atoms with Crippen molar-refractivity contribution >= 4 is 26.2 Å². The minimum absolute atomic E-state index is 0.862. The maximum absolute atomic E-state index is 4.14. The highest BCUT2D eigenvalue weighted by Gasteiger charge is 2.03. The molecule has 0 spiro atoms. The minimum Gasteiger partial charge on any atom is -0.372 e. The van der Waals surface area contributed by atoms with Crippen LogP contribution in [0.15, 0.2) is 18.6 Å². The highest BCUT2D eigenvalue weighted by molar-refractivity contribution is 7.14. The SMILES string of the molecule is CNc1ncnc2c1ccn2P. The Morgan fingerprint density at radius 1 is 1.50 bits per heavy atom. The molecule has 0 radical (unpaired) electrons. The normalized spacial score (nSPS) is 10.5. The monoisotopic (exact) mass is 180 g/mol. The van der Waals surface area contributed by atoms with Gasteiger partial charge in [-0.1, -0.05) is 0 Å². The Morgan fingerprint density at radius 3 is 3.08 bits per heavy atom.